The molecule has 1 aliphatic heterocycles. The molecule has 2 N–H and O–H groups in total. The van der Waals surface area contributed by atoms with Crippen LogP contribution >= 0.6 is 11.8 Å². The van der Waals surface area contributed by atoms with Gasteiger partial charge in [-0.1, -0.05) is 12.1 Å². The van der Waals surface area contributed by atoms with E-state index in [9.17, 15) is 0 Å². The highest BCUT2D eigenvalue weighted by molar-refractivity contribution is 7.98. The van der Waals surface area contributed by atoms with E-state index in [0.717, 1.165) is 45.0 Å². The molecule has 2 heterocycles. The molecular formula is C19H24N2O5S. The van der Waals surface area contributed by atoms with Gasteiger partial charge in [0.2, 0.25) is 0 Å². The molecule has 2 aromatic rings. The molecule has 0 spiro atoms. The average Bonchev–Trinajstić information content (AvgIpc) is 3.17. The highest BCUT2D eigenvalue weighted by Crippen LogP contribution is 2.17. The van der Waals surface area contributed by atoms with Crippen molar-refractivity contribution in [3.63, 3.8) is 0 Å². The lowest BCUT2D eigenvalue weighted by atomic mass is 10.2. The average molecular weight is 392 g/mol. The van der Waals surface area contributed by atoms with Gasteiger partial charge in [0.1, 0.15) is 5.76 Å². The topological polar surface area (TPSA) is 94.2 Å². The maximum Gasteiger partial charge on any atom is 0.414 e. The summed E-state index contributed by atoms with van der Waals surface area (Å²) in [5, 5.41) is 14.8. The van der Waals surface area contributed by atoms with E-state index in [-0.39, 0.29) is 0 Å². The number of rotatable bonds is 5. The summed E-state index contributed by atoms with van der Waals surface area (Å²) in [5.74, 6) is -2.58. The van der Waals surface area contributed by atoms with Crippen molar-refractivity contribution in [2.45, 2.75) is 18.0 Å². The second-order valence-electron chi connectivity index (χ2n) is 6.09. The standard InChI is InChI=1S/C17H22N2OS.C2H2O4/c1-21-17-6-4-15(5-7-17)13-18-8-10-19(11-9-18)14-16-3-2-12-20-16;3-1(4)2(5)6/h2-7,12H,8-11,13-14H2,1H3;(H,3,4)(H,5,6). The summed E-state index contributed by atoms with van der Waals surface area (Å²) in [6, 6.07) is 13.0. The summed E-state index contributed by atoms with van der Waals surface area (Å²) in [6.07, 6.45) is 3.87. The van der Waals surface area contributed by atoms with Gasteiger partial charge in [0.25, 0.3) is 0 Å². The Hall–Kier alpha value is -2.29. The van der Waals surface area contributed by atoms with Gasteiger partial charge in [0.15, 0.2) is 0 Å². The first-order valence-electron chi connectivity index (χ1n) is 8.54. The number of hydrogen-bond donors (Lipinski definition) is 2. The molecule has 27 heavy (non-hydrogen) atoms. The first-order valence-corrected chi connectivity index (χ1v) is 9.76. The third-order valence-corrected chi connectivity index (χ3v) is 4.92. The molecule has 146 valence electrons. The normalized spacial score (nSPS) is 15.0. The molecule has 8 heteroatoms. The molecule has 0 bridgehead atoms. The predicted molar refractivity (Wildman–Crippen MR) is 103 cm³/mol. The molecule has 1 aliphatic rings. The lowest BCUT2D eigenvalue weighted by Crippen LogP contribution is -2.45. The minimum Gasteiger partial charge on any atom is -0.473 e. The van der Waals surface area contributed by atoms with Crippen LogP contribution in [0.3, 0.4) is 0 Å². The number of carbonyl (C=O) groups is 2. The van der Waals surface area contributed by atoms with E-state index >= 15 is 0 Å². The monoisotopic (exact) mass is 392 g/mol. The van der Waals surface area contributed by atoms with Gasteiger partial charge in [-0.15, -0.1) is 11.8 Å². The molecule has 0 saturated carbocycles. The number of benzene rings is 1. The van der Waals surface area contributed by atoms with Crippen LogP contribution in [0.5, 0.6) is 0 Å². The highest BCUT2D eigenvalue weighted by atomic mass is 32.2. The van der Waals surface area contributed by atoms with Crippen LogP contribution in [0.25, 0.3) is 0 Å². The van der Waals surface area contributed by atoms with E-state index in [1.807, 2.05) is 6.07 Å². The van der Waals surface area contributed by atoms with Crippen molar-refractivity contribution >= 4 is 23.7 Å². The molecule has 0 radical (unpaired) electrons. The number of carboxylic acids is 2. The minimum absolute atomic E-state index is 0.934. The molecule has 0 aliphatic carbocycles. The van der Waals surface area contributed by atoms with Gasteiger partial charge in [0, 0.05) is 37.6 Å². The highest BCUT2D eigenvalue weighted by Gasteiger charge is 2.17. The predicted octanol–water partition coefficient (Wildman–Crippen LogP) is 2.47. The van der Waals surface area contributed by atoms with Gasteiger partial charge >= 0.3 is 11.9 Å². The van der Waals surface area contributed by atoms with Gasteiger partial charge in [-0.3, -0.25) is 9.80 Å². The van der Waals surface area contributed by atoms with E-state index in [0.29, 0.717) is 0 Å². The van der Waals surface area contributed by atoms with Crippen LogP contribution in [0.2, 0.25) is 0 Å². The maximum absolute atomic E-state index is 9.10. The summed E-state index contributed by atoms with van der Waals surface area (Å²) < 4.78 is 5.42. The molecule has 1 aromatic carbocycles. The van der Waals surface area contributed by atoms with Gasteiger partial charge < -0.3 is 14.6 Å². The van der Waals surface area contributed by atoms with E-state index in [4.69, 9.17) is 24.2 Å². The first-order chi connectivity index (χ1) is 13.0. The van der Waals surface area contributed by atoms with Crippen molar-refractivity contribution in [3.8, 4) is 0 Å². The summed E-state index contributed by atoms with van der Waals surface area (Å²) in [6.45, 7) is 6.48. The summed E-state index contributed by atoms with van der Waals surface area (Å²) in [5.41, 5.74) is 1.41. The van der Waals surface area contributed by atoms with Crippen LogP contribution in [0.1, 0.15) is 11.3 Å². The quantitative estimate of drug-likeness (QED) is 0.592. The maximum atomic E-state index is 9.10. The van der Waals surface area contributed by atoms with Crippen molar-refractivity contribution in [2.24, 2.45) is 0 Å². The third kappa shape index (κ3) is 7.46. The fourth-order valence-corrected chi connectivity index (χ4v) is 3.13. The van der Waals surface area contributed by atoms with Crippen LogP contribution < -0.4 is 0 Å². The summed E-state index contributed by atoms with van der Waals surface area (Å²) >= 11 is 1.80. The number of carboxylic acid groups (broad SMARTS) is 2. The van der Waals surface area contributed by atoms with E-state index < -0.39 is 11.9 Å². The zero-order valence-electron chi connectivity index (χ0n) is 15.2. The Balaban J connectivity index is 0.000000380. The van der Waals surface area contributed by atoms with Crippen molar-refractivity contribution in [2.75, 3.05) is 32.4 Å². The number of thioether (sulfide) groups is 1. The largest absolute Gasteiger partial charge is 0.473 e. The van der Waals surface area contributed by atoms with Gasteiger partial charge in [-0.25, -0.2) is 9.59 Å². The SMILES string of the molecule is CSc1ccc(CN2CCN(Cc3ccco3)CC2)cc1.O=C(O)C(=O)O. The van der Waals surface area contributed by atoms with Crippen LogP contribution in [0.15, 0.2) is 52.0 Å². The Kier molecular flexibility index (Phi) is 8.38. The lowest BCUT2D eigenvalue weighted by molar-refractivity contribution is -0.159. The Morgan fingerprint density at radius 3 is 1.96 bits per heavy atom. The molecule has 1 aromatic heterocycles. The van der Waals surface area contributed by atoms with Crippen LogP contribution in [0, 0.1) is 0 Å². The molecule has 0 unspecified atom stereocenters. The van der Waals surface area contributed by atoms with Crippen molar-refractivity contribution in [1.29, 1.82) is 0 Å². The zero-order chi connectivity index (χ0) is 19.6. The molecule has 7 nitrogen and oxygen atoms in total. The summed E-state index contributed by atoms with van der Waals surface area (Å²) in [4.78, 5) is 24.5. The second-order valence-corrected chi connectivity index (χ2v) is 6.97. The van der Waals surface area contributed by atoms with E-state index in [1.54, 1.807) is 18.0 Å². The number of piperazine rings is 1. The Labute approximate surface area is 162 Å². The Morgan fingerprint density at radius 1 is 0.963 bits per heavy atom. The van der Waals surface area contributed by atoms with Gasteiger partial charge in [-0.2, -0.15) is 0 Å². The molecule has 1 fully saturated rings. The van der Waals surface area contributed by atoms with E-state index in [2.05, 4.69) is 46.4 Å². The Morgan fingerprint density at radius 2 is 1.52 bits per heavy atom. The molecule has 0 amide bonds. The molecule has 1 saturated heterocycles. The van der Waals surface area contributed by atoms with E-state index in [1.165, 1.54) is 10.5 Å². The minimum atomic E-state index is -1.82. The van der Waals surface area contributed by atoms with Crippen molar-refractivity contribution in [3.05, 3.63) is 54.0 Å². The van der Waals surface area contributed by atoms with Crippen LogP contribution in [-0.2, 0) is 22.7 Å². The zero-order valence-corrected chi connectivity index (χ0v) is 16.0. The van der Waals surface area contributed by atoms with Crippen molar-refractivity contribution < 1.29 is 24.2 Å². The lowest BCUT2D eigenvalue weighted by Gasteiger charge is -2.34. The summed E-state index contributed by atoms with van der Waals surface area (Å²) in [7, 11) is 0. The number of hydrogen-bond acceptors (Lipinski definition) is 6. The molecular weight excluding hydrogens is 368 g/mol. The van der Waals surface area contributed by atoms with Gasteiger partial charge in [0.05, 0.1) is 12.8 Å². The number of nitrogens with zero attached hydrogens (tertiary/aromatic N) is 2. The fraction of sp³-hybridized carbons (Fsp3) is 0.368. The third-order valence-electron chi connectivity index (χ3n) is 4.17. The van der Waals surface area contributed by atoms with Gasteiger partial charge in [-0.05, 0) is 36.1 Å². The molecule has 3 rings (SSSR count). The smallest absolute Gasteiger partial charge is 0.414 e. The van der Waals surface area contributed by atoms with Crippen LogP contribution in [-0.4, -0.2) is 64.4 Å². The van der Waals surface area contributed by atoms with Crippen LogP contribution in [0.4, 0.5) is 0 Å². The fourth-order valence-electron chi connectivity index (χ4n) is 2.72. The first kappa shape index (κ1) is 21.0. The van der Waals surface area contributed by atoms with Crippen molar-refractivity contribution in [1.82, 2.24) is 9.80 Å². The molecule has 0 atom stereocenters. The second kappa shape index (κ2) is 10.8. The number of aliphatic carboxylic acids is 2. The number of furan rings is 1. The Bertz CT molecular complexity index is 698.